The van der Waals surface area contributed by atoms with Crippen LogP contribution in [-0.4, -0.2) is 47.6 Å². The maximum atomic E-state index is 12.2. The van der Waals surface area contributed by atoms with Crippen LogP contribution in [0.3, 0.4) is 0 Å². The SMILES string of the molecule is COc1cc(C)c(S(=O)(=O)NCCCN(C)C)cc1Cl. The Balaban J connectivity index is 2.85. The van der Waals surface area contributed by atoms with Crippen LogP contribution in [-0.2, 0) is 10.0 Å². The van der Waals surface area contributed by atoms with Gasteiger partial charge in [0.05, 0.1) is 17.0 Å². The van der Waals surface area contributed by atoms with Crippen LogP contribution in [0.4, 0.5) is 0 Å². The van der Waals surface area contributed by atoms with Crippen molar-refractivity contribution in [3.8, 4) is 5.75 Å². The van der Waals surface area contributed by atoms with E-state index >= 15 is 0 Å². The van der Waals surface area contributed by atoms with Gasteiger partial charge in [0.15, 0.2) is 0 Å². The molecule has 0 bridgehead atoms. The van der Waals surface area contributed by atoms with Gasteiger partial charge in [0.1, 0.15) is 5.75 Å². The van der Waals surface area contributed by atoms with E-state index in [2.05, 4.69) is 4.72 Å². The van der Waals surface area contributed by atoms with E-state index in [1.54, 1.807) is 13.0 Å². The molecular formula is C13H21ClN2O3S. The third-order valence-electron chi connectivity index (χ3n) is 2.81. The van der Waals surface area contributed by atoms with Gasteiger partial charge >= 0.3 is 0 Å². The molecule has 1 aromatic carbocycles. The molecular weight excluding hydrogens is 300 g/mol. The molecule has 0 aromatic heterocycles. The Morgan fingerprint density at radius 1 is 1.35 bits per heavy atom. The molecule has 1 aromatic rings. The lowest BCUT2D eigenvalue weighted by Gasteiger charge is -2.13. The number of ether oxygens (including phenoxy) is 1. The molecule has 20 heavy (non-hydrogen) atoms. The first-order valence-corrected chi connectivity index (χ1v) is 8.12. The topological polar surface area (TPSA) is 58.6 Å². The zero-order valence-corrected chi connectivity index (χ0v) is 13.8. The fourth-order valence-corrected chi connectivity index (χ4v) is 3.39. The molecule has 5 nitrogen and oxygen atoms in total. The number of methoxy groups -OCH3 is 1. The van der Waals surface area contributed by atoms with Crippen molar-refractivity contribution < 1.29 is 13.2 Å². The minimum absolute atomic E-state index is 0.188. The molecule has 7 heteroatoms. The van der Waals surface area contributed by atoms with Gasteiger partial charge in [-0.15, -0.1) is 0 Å². The Morgan fingerprint density at radius 3 is 2.55 bits per heavy atom. The fraction of sp³-hybridized carbons (Fsp3) is 0.538. The van der Waals surface area contributed by atoms with Crippen LogP contribution < -0.4 is 9.46 Å². The lowest BCUT2D eigenvalue weighted by molar-refractivity contribution is 0.400. The van der Waals surface area contributed by atoms with Gasteiger partial charge in [-0.1, -0.05) is 11.6 Å². The van der Waals surface area contributed by atoms with Crippen molar-refractivity contribution >= 4 is 21.6 Å². The lowest BCUT2D eigenvalue weighted by Crippen LogP contribution is -2.27. The van der Waals surface area contributed by atoms with Crippen molar-refractivity contribution in [3.05, 3.63) is 22.7 Å². The van der Waals surface area contributed by atoms with E-state index in [4.69, 9.17) is 16.3 Å². The molecule has 0 atom stereocenters. The Morgan fingerprint density at radius 2 is 2.00 bits per heavy atom. The van der Waals surface area contributed by atoms with E-state index in [0.717, 1.165) is 13.0 Å². The second-order valence-corrected chi connectivity index (χ2v) is 6.95. The minimum atomic E-state index is -3.54. The first kappa shape index (κ1) is 17.2. The van der Waals surface area contributed by atoms with E-state index < -0.39 is 10.0 Å². The zero-order chi connectivity index (χ0) is 15.3. The molecule has 0 heterocycles. The summed E-state index contributed by atoms with van der Waals surface area (Å²) in [5, 5.41) is 0.284. The van der Waals surface area contributed by atoms with Gasteiger partial charge in [-0.05, 0) is 51.7 Å². The Hall–Kier alpha value is -0.820. The molecule has 0 fully saturated rings. The van der Waals surface area contributed by atoms with Crippen molar-refractivity contribution in [1.29, 1.82) is 0 Å². The maximum absolute atomic E-state index is 12.2. The fourth-order valence-electron chi connectivity index (χ4n) is 1.76. The summed E-state index contributed by atoms with van der Waals surface area (Å²) in [5.41, 5.74) is 0.603. The largest absolute Gasteiger partial charge is 0.495 e. The van der Waals surface area contributed by atoms with Crippen LogP contribution in [0.15, 0.2) is 17.0 Å². The van der Waals surface area contributed by atoms with E-state index in [9.17, 15) is 8.42 Å². The number of halogens is 1. The molecule has 0 saturated carbocycles. The monoisotopic (exact) mass is 320 g/mol. The summed E-state index contributed by atoms with van der Waals surface area (Å²) >= 11 is 5.99. The predicted octanol–water partition coefficient (Wildman–Crippen LogP) is 1.89. The molecule has 0 spiro atoms. The lowest BCUT2D eigenvalue weighted by atomic mass is 10.2. The molecule has 0 aliphatic rings. The summed E-state index contributed by atoms with van der Waals surface area (Å²) in [6.45, 7) is 2.93. The third-order valence-corrected chi connectivity index (χ3v) is 4.71. The normalized spacial score (nSPS) is 11.9. The molecule has 1 rings (SSSR count). The molecule has 1 N–H and O–H groups in total. The van der Waals surface area contributed by atoms with Gasteiger partial charge in [-0.2, -0.15) is 0 Å². The molecule has 0 aliphatic heterocycles. The highest BCUT2D eigenvalue weighted by molar-refractivity contribution is 7.89. The zero-order valence-electron chi connectivity index (χ0n) is 12.2. The van der Waals surface area contributed by atoms with Crippen molar-refractivity contribution in [2.24, 2.45) is 0 Å². The number of benzene rings is 1. The van der Waals surface area contributed by atoms with Gasteiger partial charge in [-0.25, -0.2) is 13.1 Å². The van der Waals surface area contributed by atoms with Crippen LogP contribution in [0, 0.1) is 6.92 Å². The number of rotatable bonds is 7. The highest BCUT2D eigenvalue weighted by atomic mass is 35.5. The van der Waals surface area contributed by atoms with Gasteiger partial charge in [0, 0.05) is 6.54 Å². The quantitative estimate of drug-likeness (QED) is 0.779. The maximum Gasteiger partial charge on any atom is 0.240 e. The van der Waals surface area contributed by atoms with Gasteiger partial charge in [0.2, 0.25) is 10.0 Å². The van der Waals surface area contributed by atoms with Crippen LogP contribution in [0.25, 0.3) is 0 Å². The van der Waals surface area contributed by atoms with Gasteiger partial charge in [-0.3, -0.25) is 0 Å². The number of nitrogens with one attached hydrogen (secondary N) is 1. The number of nitrogens with zero attached hydrogens (tertiary/aromatic N) is 1. The molecule has 114 valence electrons. The summed E-state index contributed by atoms with van der Waals surface area (Å²) in [4.78, 5) is 2.19. The number of hydrogen-bond acceptors (Lipinski definition) is 4. The van der Waals surface area contributed by atoms with Crippen LogP contribution in [0.1, 0.15) is 12.0 Å². The summed E-state index contributed by atoms with van der Waals surface area (Å²) < 4.78 is 32.1. The smallest absolute Gasteiger partial charge is 0.240 e. The second-order valence-electron chi connectivity index (χ2n) is 4.81. The summed E-state index contributed by atoms with van der Waals surface area (Å²) in [7, 11) is 1.84. The number of sulfonamides is 1. The average Bonchev–Trinajstić information content (AvgIpc) is 2.36. The van der Waals surface area contributed by atoms with Crippen molar-refractivity contribution in [1.82, 2.24) is 9.62 Å². The highest BCUT2D eigenvalue weighted by Crippen LogP contribution is 2.29. The van der Waals surface area contributed by atoms with Crippen LogP contribution in [0.5, 0.6) is 5.75 Å². The first-order chi connectivity index (χ1) is 9.27. The molecule has 0 radical (unpaired) electrons. The molecule has 0 saturated heterocycles. The number of hydrogen-bond donors (Lipinski definition) is 1. The second kappa shape index (κ2) is 7.26. The third kappa shape index (κ3) is 4.63. The van der Waals surface area contributed by atoms with Crippen LogP contribution in [0.2, 0.25) is 5.02 Å². The standard InChI is InChI=1S/C13H21ClN2O3S/c1-10-8-12(19-4)11(14)9-13(10)20(17,18)15-6-5-7-16(2)3/h8-9,15H,5-7H2,1-4H3. The van der Waals surface area contributed by atoms with Crippen LogP contribution >= 0.6 is 11.6 Å². The highest BCUT2D eigenvalue weighted by Gasteiger charge is 2.18. The van der Waals surface area contributed by atoms with E-state index in [-0.39, 0.29) is 9.92 Å². The molecule has 0 unspecified atom stereocenters. The van der Waals surface area contributed by atoms with E-state index in [1.807, 2.05) is 19.0 Å². The van der Waals surface area contributed by atoms with Crippen molar-refractivity contribution in [3.63, 3.8) is 0 Å². The van der Waals surface area contributed by atoms with Crippen molar-refractivity contribution in [2.45, 2.75) is 18.2 Å². The predicted molar refractivity (Wildman–Crippen MR) is 81.1 cm³/mol. The summed E-state index contributed by atoms with van der Waals surface area (Å²) in [6, 6.07) is 3.04. The summed E-state index contributed by atoms with van der Waals surface area (Å²) in [6.07, 6.45) is 0.745. The molecule has 0 aliphatic carbocycles. The van der Waals surface area contributed by atoms with Crippen molar-refractivity contribution in [2.75, 3.05) is 34.3 Å². The minimum Gasteiger partial charge on any atom is -0.495 e. The Bertz CT molecular complexity index is 559. The first-order valence-electron chi connectivity index (χ1n) is 6.26. The van der Waals surface area contributed by atoms with Gasteiger partial charge in [0.25, 0.3) is 0 Å². The molecule has 0 amide bonds. The average molecular weight is 321 g/mol. The Labute approximate surface area is 125 Å². The number of aryl methyl sites for hydroxylation is 1. The van der Waals surface area contributed by atoms with Gasteiger partial charge < -0.3 is 9.64 Å². The van der Waals surface area contributed by atoms with E-state index in [0.29, 0.717) is 17.9 Å². The Kier molecular flexibility index (Phi) is 6.26. The van der Waals surface area contributed by atoms with E-state index in [1.165, 1.54) is 13.2 Å². The summed E-state index contributed by atoms with van der Waals surface area (Å²) in [5.74, 6) is 0.468.